The summed E-state index contributed by atoms with van der Waals surface area (Å²) in [5.74, 6) is -0.318. The number of anilines is 2. The zero-order valence-corrected chi connectivity index (χ0v) is 12.5. The fourth-order valence-electron chi connectivity index (χ4n) is 3.54. The van der Waals surface area contributed by atoms with E-state index in [0.717, 1.165) is 25.2 Å². The zero-order valence-electron chi connectivity index (χ0n) is 12.5. The van der Waals surface area contributed by atoms with Gasteiger partial charge in [-0.25, -0.2) is 4.79 Å². The van der Waals surface area contributed by atoms with E-state index in [0.29, 0.717) is 17.3 Å². The van der Waals surface area contributed by atoms with Crippen LogP contribution < -0.4 is 10.6 Å². The van der Waals surface area contributed by atoms with Crippen molar-refractivity contribution in [3.05, 3.63) is 23.8 Å². The molecule has 21 heavy (non-hydrogen) atoms. The van der Waals surface area contributed by atoms with Crippen LogP contribution in [0.3, 0.4) is 0 Å². The highest BCUT2D eigenvalue weighted by atomic mass is 16.5. The SMILES string of the molecule is COC(=O)c1cccc(N)c1N1CCC(N2CCCC2)C1. The van der Waals surface area contributed by atoms with E-state index >= 15 is 0 Å². The number of hydrogen-bond acceptors (Lipinski definition) is 5. The van der Waals surface area contributed by atoms with Gasteiger partial charge < -0.3 is 15.4 Å². The van der Waals surface area contributed by atoms with Gasteiger partial charge in [0.1, 0.15) is 0 Å². The molecule has 2 aliphatic heterocycles. The Morgan fingerprint density at radius 2 is 2.05 bits per heavy atom. The molecule has 114 valence electrons. The van der Waals surface area contributed by atoms with Crippen molar-refractivity contribution < 1.29 is 9.53 Å². The average molecular weight is 289 g/mol. The van der Waals surface area contributed by atoms with E-state index < -0.39 is 0 Å². The molecule has 0 aliphatic carbocycles. The number of nitrogens with two attached hydrogens (primary N) is 1. The number of para-hydroxylation sites is 1. The number of methoxy groups -OCH3 is 1. The number of nitrogen functional groups attached to an aromatic ring is 1. The van der Waals surface area contributed by atoms with E-state index in [1.165, 1.54) is 33.0 Å². The monoisotopic (exact) mass is 289 g/mol. The van der Waals surface area contributed by atoms with Crippen LogP contribution in [0.4, 0.5) is 11.4 Å². The van der Waals surface area contributed by atoms with Crippen molar-refractivity contribution in [3.8, 4) is 0 Å². The second-order valence-corrected chi connectivity index (χ2v) is 5.87. The first kappa shape index (κ1) is 14.2. The molecule has 1 atom stereocenters. The first-order chi connectivity index (χ1) is 10.2. The summed E-state index contributed by atoms with van der Waals surface area (Å²) in [5, 5.41) is 0. The number of carbonyl (C=O) groups excluding carboxylic acids is 1. The van der Waals surface area contributed by atoms with Gasteiger partial charge in [-0.05, 0) is 44.5 Å². The van der Waals surface area contributed by atoms with Crippen molar-refractivity contribution in [3.63, 3.8) is 0 Å². The highest BCUT2D eigenvalue weighted by molar-refractivity contribution is 5.99. The van der Waals surface area contributed by atoms with Crippen LogP contribution in [0.5, 0.6) is 0 Å². The van der Waals surface area contributed by atoms with Gasteiger partial charge in [0.15, 0.2) is 0 Å². The van der Waals surface area contributed by atoms with Gasteiger partial charge in [0.05, 0.1) is 24.0 Å². The molecule has 2 heterocycles. The Morgan fingerprint density at radius 1 is 1.29 bits per heavy atom. The minimum Gasteiger partial charge on any atom is -0.465 e. The summed E-state index contributed by atoms with van der Waals surface area (Å²) in [6, 6.07) is 6.03. The maximum absolute atomic E-state index is 12.0. The van der Waals surface area contributed by atoms with Gasteiger partial charge in [-0.15, -0.1) is 0 Å². The molecule has 2 fully saturated rings. The summed E-state index contributed by atoms with van der Waals surface area (Å²) in [4.78, 5) is 16.8. The van der Waals surface area contributed by atoms with E-state index in [9.17, 15) is 4.79 Å². The molecular weight excluding hydrogens is 266 g/mol. The van der Waals surface area contributed by atoms with E-state index in [-0.39, 0.29) is 5.97 Å². The second-order valence-electron chi connectivity index (χ2n) is 5.87. The van der Waals surface area contributed by atoms with Gasteiger partial charge in [-0.2, -0.15) is 0 Å². The summed E-state index contributed by atoms with van der Waals surface area (Å²) in [6.45, 7) is 4.29. The molecule has 0 saturated carbocycles. The van der Waals surface area contributed by atoms with E-state index in [1.54, 1.807) is 12.1 Å². The minimum absolute atomic E-state index is 0.318. The van der Waals surface area contributed by atoms with Gasteiger partial charge in [0.2, 0.25) is 0 Å². The molecule has 1 unspecified atom stereocenters. The van der Waals surface area contributed by atoms with Crippen LogP contribution in [0.1, 0.15) is 29.6 Å². The molecule has 5 heteroatoms. The minimum atomic E-state index is -0.318. The fraction of sp³-hybridized carbons (Fsp3) is 0.562. The Morgan fingerprint density at radius 3 is 2.76 bits per heavy atom. The maximum Gasteiger partial charge on any atom is 0.340 e. The first-order valence-electron chi connectivity index (χ1n) is 7.66. The van der Waals surface area contributed by atoms with Crippen molar-refractivity contribution in [1.29, 1.82) is 0 Å². The van der Waals surface area contributed by atoms with Gasteiger partial charge in [0, 0.05) is 19.1 Å². The number of ether oxygens (including phenoxy) is 1. The van der Waals surface area contributed by atoms with Crippen LogP contribution in [0.15, 0.2) is 18.2 Å². The number of carbonyl (C=O) groups is 1. The van der Waals surface area contributed by atoms with Crippen LogP contribution in [0.2, 0.25) is 0 Å². The second kappa shape index (κ2) is 5.93. The molecule has 5 nitrogen and oxygen atoms in total. The molecule has 1 aromatic carbocycles. The Bertz CT molecular complexity index is 526. The molecule has 0 spiro atoms. The van der Waals surface area contributed by atoms with Gasteiger partial charge in [-0.3, -0.25) is 4.90 Å². The van der Waals surface area contributed by atoms with E-state index in [4.69, 9.17) is 10.5 Å². The third-order valence-electron chi connectivity index (χ3n) is 4.61. The van der Waals surface area contributed by atoms with Crippen molar-refractivity contribution in [2.45, 2.75) is 25.3 Å². The molecule has 2 N–H and O–H groups in total. The molecule has 2 aliphatic rings. The lowest BCUT2D eigenvalue weighted by atomic mass is 10.1. The van der Waals surface area contributed by atoms with Crippen LogP contribution in [0, 0.1) is 0 Å². The molecule has 3 rings (SSSR count). The predicted molar refractivity (Wildman–Crippen MR) is 83.6 cm³/mol. The van der Waals surface area contributed by atoms with Gasteiger partial charge >= 0.3 is 5.97 Å². The highest BCUT2D eigenvalue weighted by Crippen LogP contribution is 2.33. The van der Waals surface area contributed by atoms with Crippen molar-refractivity contribution in [1.82, 2.24) is 4.90 Å². The van der Waals surface area contributed by atoms with Crippen molar-refractivity contribution in [2.24, 2.45) is 0 Å². The quantitative estimate of drug-likeness (QED) is 0.678. The Balaban J connectivity index is 1.82. The summed E-state index contributed by atoms with van der Waals surface area (Å²) in [5.41, 5.74) is 8.19. The number of hydrogen-bond donors (Lipinski definition) is 1. The molecule has 0 aromatic heterocycles. The van der Waals surface area contributed by atoms with Gasteiger partial charge in [0.25, 0.3) is 0 Å². The zero-order chi connectivity index (χ0) is 14.8. The van der Waals surface area contributed by atoms with E-state index in [1.807, 2.05) is 6.07 Å². The summed E-state index contributed by atoms with van der Waals surface area (Å²) in [6.07, 6.45) is 3.74. The van der Waals surface area contributed by atoms with Crippen LogP contribution in [-0.2, 0) is 4.74 Å². The third-order valence-corrected chi connectivity index (χ3v) is 4.61. The maximum atomic E-state index is 12.0. The lowest BCUT2D eigenvalue weighted by molar-refractivity contribution is 0.0601. The summed E-state index contributed by atoms with van der Waals surface area (Å²) in [7, 11) is 1.41. The fourth-order valence-corrected chi connectivity index (χ4v) is 3.54. The molecule has 1 aromatic rings. The highest BCUT2D eigenvalue weighted by Gasteiger charge is 2.31. The average Bonchev–Trinajstić information content (AvgIpc) is 3.16. The lowest BCUT2D eigenvalue weighted by Gasteiger charge is -2.26. The van der Waals surface area contributed by atoms with Gasteiger partial charge in [-0.1, -0.05) is 6.07 Å². The Labute approximate surface area is 125 Å². The summed E-state index contributed by atoms with van der Waals surface area (Å²) >= 11 is 0. The van der Waals surface area contributed by atoms with Crippen molar-refractivity contribution >= 4 is 17.3 Å². The summed E-state index contributed by atoms with van der Waals surface area (Å²) < 4.78 is 4.89. The standard InChI is InChI=1S/C16H23N3O2/c1-21-16(20)13-5-4-6-14(17)15(13)19-10-7-12(11-19)18-8-2-3-9-18/h4-6,12H,2-3,7-11,17H2,1H3. The topological polar surface area (TPSA) is 58.8 Å². The molecule has 0 radical (unpaired) electrons. The Kier molecular flexibility index (Phi) is 4.01. The molecule has 2 saturated heterocycles. The molecule has 0 amide bonds. The normalized spacial score (nSPS) is 22.7. The number of esters is 1. The smallest absolute Gasteiger partial charge is 0.340 e. The van der Waals surface area contributed by atoms with Crippen LogP contribution in [-0.4, -0.2) is 50.2 Å². The number of rotatable bonds is 3. The number of likely N-dealkylation sites (tertiary alicyclic amines) is 1. The van der Waals surface area contributed by atoms with Crippen molar-refractivity contribution in [2.75, 3.05) is 43.9 Å². The van der Waals surface area contributed by atoms with Crippen LogP contribution in [0.25, 0.3) is 0 Å². The van der Waals surface area contributed by atoms with Crippen LogP contribution >= 0.6 is 0 Å². The largest absolute Gasteiger partial charge is 0.465 e. The lowest BCUT2D eigenvalue weighted by Crippen LogP contribution is -2.35. The number of benzene rings is 1. The van der Waals surface area contributed by atoms with E-state index in [2.05, 4.69) is 9.80 Å². The third kappa shape index (κ3) is 2.70. The predicted octanol–water partition coefficient (Wildman–Crippen LogP) is 1.73. The molecular formula is C16H23N3O2. The Hall–Kier alpha value is -1.75. The number of nitrogens with zero attached hydrogens (tertiary/aromatic N) is 2. The molecule has 0 bridgehead atoms. The first-order valence-corrected chi connectivity index (χ1v) is 7.66.